The number of benzene rings is 1. The number of rotatable bonds is 3. The lowest BCUT2D eigenvalue weighted by Gasteiger charge is -2.12. The normalized spacial score (nSPS) is 10.8. The van der Waals surface area contributed by atoms with E-state index >= 15 is 0 Å². The van der Waals surface area contributed by atoms with Gasteiger partial charge in [0.05, 0.1) is 10.5 Å². The van der Waals surface area contributed by atoms with Gasteiger partial charge >= 0.3 is 0 Å². The van der Waals surface area contributed by atoms with Gasteiger partial charge in [0.2, 0.25) is 0 Å². The standard InChI is InChI=1S/C14H17ClN2/c1-4-7-16-12-8-10(3)17-14-11(15)6-5-9(2)13(12)14/h5-6,8H,4,7H2,1-3H3,(H,16,17). The Morgan fingerprint density at radius 3 is 2.76 bits per heavy atom. The van der Waals surface area contributed by atoms with E-state index in [1.807, 2.05) is 19.1 Å². The molecular formula is C14H17ClN2. The molecule has 0 spiro atoms. The Hall–Kier alpha value is -1.28. The average molecular weight is 249 g/mol. The zero-order valence-corrected chi connectivity index (χ0v) is 11.2. The summed E-state index contributed by atoms with van der Waals surface area (Å²) >= 11 is 6.22. The number of aromatic nitrogens is 1. The Bertz CT molecular complexity index is 549. The fraction of sp³-hybridized carbons (Fsp3) is 0.357. The van der Waals surface area contributed by atoms with Crippen LogP contribution in [0.3, 0.4) is 0 Å². The molecule has 2 nitrogen and oxygen atoms in total. The van der Waals surface area contributed by atoms with Gasteiger partial charge < -0.3 is 5.32 Å². The number of fused-ring (bicyclic) bond motifs is 1. The van der Waals surface area contributed by atoms with Gasteiger partial charge in [0, 0.05) is 23.3 Å². The summed E-state index contributed by atoms with van der Waals surface area (Å²) in [6.07, 6.45) is 1.10. The minimum Gasteiger partial charge on any atom is -0.384 e. The fourth-order valence-corrected chi connectivity index (χ4v) is 2.20. The summed E-state index contributed by atoms with van der Waals surface area (Å²) in [5.74, 6) is 0. The second-order valence-corrected chi connectivity index (χ2v) is 4.73. The Morgan fingerprint density at radius 2 is 2.06 bits per heavy atom. The molecule has 1 heterocycles. The first kappa shape index (κ1) is 12.2. The van der Waals surface area contributed by atoms with Crippen LogP contribution in [0, 0.1) is 13.8 Å². The minimum atomic E-state index is 0.717. The third-order valence-corrected chi connectivity index (χ3v) is 3.12. The van der Waals surface area contributed by atoms with Gasteiger partial charge in [-0.1, -0.05) is 24.6 Å². The van der Waals surface area contributed by atoms with Crippen LogP contribution in [0.4, 0.5) is 5.69 Å². The third kappa shape index (κ3) is 2.37. The molecule has 1 aromatic carbocycles. The lowest BCUT2D eigenvalue weighted by atomic mass is 10.1. The molecule has 0 atom stereocenters. The van der Waals surface area contributed by atoms with Crippen LogP contribution in [-0.2, 0) is 0 Å². The van der Waals surface area contributed by atoms with Crippen molar-refractivity contribution < 1.29 is 0 Å². The molecule has 0 bridgehead atoms. The van der Waals surface area contributed by atoms with Crippen molar-refractivity contribution in [2.75, 3.05) is 11.9 Å². The van der Waals surface area contributed by atoms with E-state index < -0.39 is 0 Å². The van der Waals surface area contributed by atoms with Gasteiger partial charge in [-0.15, -0.1) is 0 Å². The van der Waals surface area contributed by atoms with Crippen molar-refractivity contribution in [3.05, 3.63) is 34.5 Å². The predicted molar refractivity (Wildman–Crippen MR) is 75.0 cm³/mol. The van der Waals surface area contributed by atoms with E-state index in [9.17, 15) is 0 Å². The molecule has 17 heavy (non-hydrogen) atoms. The first-order valence-electron chi connectivity index (χ1n) is 5.93. The van der Waals surface area contributed by atoms with Crippen molar-refractivity contribution >= 4 is 28.2 Å². The molecule has 0 radical (unpaired) electrons. The molecule has 2 aromatic rings. The summed E-state index contributed by atoms with van der Waals surface area (Å²) < 4.78 is 0. The second-order valence-electron chi connectivity index (χ2n) is 4.33. The number of halogens is 1. The zero-order valence-electron chi connectivity index (χ0n) is 10.5. The van der Waals surface area contributed by atoms with E-state index in [4.69, 9.17) is 11.6 Å². The fourth-order valence-electron chi connectivity index (χ4n) is 2.00. The lowest BCUT2D eigenvalue weighted by Crippen LogP contribution is -2.02. The molecule has 3 heteroatoms. The van der Waals surface area contributed by atoms with Crippen molar-refractivity contribution in [3.63, 3.8) is 0 Å². The molecule has 0 saturated heterocycles. The minimum absolute atomic E-state index is 0.717. The maximum atomic E-state index is 6.22. The highest BCUT2D eigenvalue weighted by Crippen LogP contribution is 2.31. The maximum absolute atomic E-state index is 6.22. The Morgan fingerprint density at radius 1 is 1.29 bits per heavy atom. The molecule has 0 saturated carbocycles. The maximum Gasteiger partial charge on any atom is 0.0914 e. The molecule has 1 N–H and O–H groups in total. The van der Waals surface area contributed by atoms with Gasteiger partial charge in [0.1, 0.15) is 0 Å². The number of pyridine rings is 1. The molecule has 0 aliphatic carbocycles. The monoisotopic (exact) mass is 248 g/mol. The molecular weight excluding hydrogens is 232 g/mol. The summed E-state index contributed by atoms with van der Waals surface area (Å²) in [6.45, 7) is 7.20. The van der Waals surface area contributed by atoms with Crippen LogP contribution in [0.1, 0.15) is 24.6 Å². The summed E-state index contributed by atoms with van der Waals surface area (Å²) in [5.41, 5.74) is 4.22. The number of aryl methyl sites for hydroxylation is 2. The van der Waals surface area contributed by atoms with E-state index in [0.717, 1.165) is 35.2 Å². The molecule has 1 aromatic heterocycles. The topological polar surface area (TPSA) is 24.9 Å². The van der Waals surface area contributed by atoms with Crippen molar-refractivity contribution in [2.24, 2.45) is 0 Å². The number of hydrogen-bond acceptors (Lipinski definition) is 2. The summed E-state index contributed by atoms with van der Waals surface area (Å²) in [7, 11) is 0. The summed E-state index contributed by atoms with van der Waals surface area (Å²) in [6, 6.07) is 6.04. The van der Waals surface area contributed by atoms with Gasteiger partial charge in [0.15, 0.2) is 0 Å². The van der Waals surface area contributed by atoms with E-state index in [1.54, 1.807) is 0 Å². The van der Waals surface area contributed by atoms with Gasteiger partial charge in [-0.25, -0.2) is 0 Å². The highest BCUT2D eigenvalue weighted by atomic mass is 35.5. The van der Waals surface area contributed by atoms with Crippen molar-refractivity contribution in [2.45, 2.75) is 27.2 Å². The molecule has 0 aliphatic rings. The zero-order chi connectivity index (χ0) is 12.4. The van der Waals surface area contributed by atoms with Crippen LogP contribution in [0.5, 0.6) is 0 Å². The Labute approximate surface area is 107 Å². The van der Waals surface area contributed by atoms with Gasteiger partial charge in [-0.3, -0.25) is 4.98 Å². The number of nitrogens with one attached hydrogen (secondary N) is 1. The lowest BCUT2D eigenvalue weighted by molar-refractivity contribution is 0.980. The van der Waals surface area contributed by atoms with Crippen LogP contribution in [0.2, 0.25) is 5.02 Å². The molecule has 0 fully saturated rings. The van der Waals surface area contributed by atoms with Crippen molar-refractivity contribution in [3.8, 4) is 0 Å². The SMILES string of the molecule is CCCNc1cc(C)nc2c(Cl)ccc(C)c12. The molecule has 0 aliphatic heterocycles. The Balaban J connectivity index is 2.68. The highest BCUT2D eigenvalue weighted by molar-refractivity contribution is 6.35. The van der Waals surface area contributed by atoms with Crippen LogP contribution >= 0.6 is 11.6 Å². The largest absolute Gasteiger partial charge is 0.384 e. The predicted octanol–water partition coefficient (Wildman–Crippen LogP) is 4.33. The first-order chi connectivity index (χ1) is 8.13. The molecule has 0 unspecified atom stereocenters. The quantitative estimate of drug-likeness (QED) is 0.875. The highest BCUT2D eigenvalue weighted by Gasteiger charge is 2.09. The van der Waals surface area contributed by atoms with E-state index in [1.165, 1.54) is 5.56 Å². The van der Waals surface area contributed by atoms with E-state index in [-0.39, 0.29) is 0 Å². The van der Waals surface area contributed by atoms with Crippen LogP contribution in [0.25, 0.3) is 10.9 Å². The Kier molecular flexibility index (Phi) is 3.53. The first-order valence-corrected chi connectivity index (χ1v) is 6.31. The second kappa shape index (κ2) is 4.92. The molecule has 2 rings (SSSR count). The summed E-state index contributed by atoms with van der Waals surface area (Å²) in [4.78, 5) is 4.53. The average Bonchev–Trinajstić information content (AvgIpc) is 2.30. The third-order valence-electron chi connectivity index (χ3n) is 2.81. The van der Waals surface area contributed by atoms with Gasteiger partial charge in [0.25, 0.3) is 0 Å². The number of anilines is 1. The van der Waals surface area contributed by atoms with Gasteiger partial charge in [-0.2, -0.15) is 0 Å². The number of hydrogen-bond donors (Lipinski definition) is 1. The number of nitrogens with zero attached hydrogens (tertiary/aromatic N) is 1. The van der Waals surface area contributed by atoms with Crippen LogP contribution in [0.15, 0.2) is 18.2 Å². The van der Waals surface area contributed by atoms with Crippen LogP contribution < -0.4 is 5.32 Å². The van der Waals surface area contributed by atoms with Crippen molar-refractivity contribution in [1.82, 2.24) is 4.98 Å². The van der Waals surface area contributed by atoms with E-state index in [0.29, 0.717) is 5.02 Å². The van der Waals surface area contributed by atoms with E-state index in [2.05, 4.69) is 30.2 Å². The van der Waals surface area contributed by atoms with Crippen molar-refractivity contribution in [1.29, 1.82) is 0 Å². The molecule has 0 amide bonds. The van der Waals surface area contributed by atoms with Crippen LogP contribution in [-0.4, -0.2) is 11.5 Å². The molecule has 90 valence electrons. The smallest absolute Gasteiger partial charge is 0.0914 e. The summed E-state index contributed by atoms with van der Waals surface area (Å²) in [5, 5.41) is 5.30. The van der Waals surface area contributed by atoms with Gasteiger partial charge in [-0.05, 0) is 38.0 Å².